The summed E-state index contributed by atoms with van der Waals surface area (Å²) in [7, 11) is 0. The fourth-order valence-electron chi connectivity index (χ4n) is 1.76. The lowest BCUT2D eigenvalue weighted by Crippen LogP contribution is -2.36. The van der Waals surface area contributed by atoms with E-state index < -0.39 is 0 Å². The van der Waals surface area contributed by atoms with E-state index in [9.17, 15) is 5.11 Å². The van der Waals surface area contributed by atoms with Crippen LogP contribution in [0.4, 0.5) is 0 Å². The van der Waals surface area contributed by atoms with Gasteiger partial charge in [0.2, 0.25) is 0 Å². The van der Waals surface area contributed by atoms with Gasteiger partial charge in [-0.1, -0.05) is 0 Å². The van der Waals surface area contributed by atoms with Crippen molar-refractivity contribution in [2.75, 3.05) is 0 Å². The average molecular weight is 143 g/mol. The number of aliphatic hydroxyl groups excluding tert-OH is 1. The van der Waals surface area contributed by atoms with Crippen molar-refractivity contribution in [3.8, 4) is 0 Å². The van der Waals surface area contributed by atoms with E-state index in [4.69, 9.17) is 4.84 Å². The number of nitrogens with one attached hydrogen (secondary N) is 1. The van der Waals surface area contributed by atoms with E-state index in [1.807, 2.05) is 0 Å². The molecule has 3 fully saturated rings. The maximum atomic E-state index is 9.35. The molecule has 2 bridgehead atoms. The topological polar surface area (TPSA) is 41.5 Å². The van der Waals surface area contributed by atoms with Crippen molar-refractivity contribution in [3.63, 3.8) is 0 Å². The molecule has 2 heterocycles. The van der Waals surface area contributed by atoms with E-state index in [1.165, 1.54) is 0 Å². The maximum Gasteiger partial charge on any atom is 0.0815 e. The van der Waals surface area contributed by atoms with Crippen molar-refractivity contribution in [2.45, 2.75) is 43.9 Å². The first-order valence-corrected chi connectivity index (χ1v) is 3.94. The molecule has 2 aliphatic heterocycles. The van der Waals surface area contributed by atoms with Crippen LogP contribution in [0.1, 0.15) is 25.7 Å². The monoisotopic (exact) mass is 143 g/mol. The Hall–Kier alpha value is -0.120. The summed E-state index contributed by atoms with van der Waals surface area (Å²) < 4.78 is 0. The lowest BCUT2D eigenvalue weighted by atomic mass is 10.1. The zero-order valence-electron chi connectivity index (χ0n) is 5.92. The Morgan fingerprint density at radius 3 is 2.90 bits per heavy atom. The second-order valence-corrected chi connectivity index (χ2v) is 3.26. The number of hydrogen-bond donors (Lipinski definition) is 2. The highest BCUT2D eigenvalue weighted by molar-refractivity contribution is 4.81. The molecule has 0 aromatic rings. The van der Waals surface area contributed by atoms with Gasteiger partial charge < -0.3 is 5.11 Å². The zero-order valence-corrected chi connectivity index (χ0v) is 5.92. The molecule has 0 spiro atoms. The number of aliphatic hydroxyl groups is 1. The highest BCUT2D eigenvalue weighted by Gasteiger charge is 2.30. The molecule has 3 unspecified atom stereocenters. The van der Waals surface area contributed by atoms with Crippen molar-refractivity contribution < 1.29 is 9.94 Å². The lowest BCUT2D eigenvalue weighted by Gasteiger charge is -2.23. The first-order chi connectivity index (χ1) is 4.84. The van der Waals surface area contributed by atoms with Crippen molar-refractivity contribution >= 4 is 0 Å². The van der Waals surface area contributed by atoms with Crippen LogP contribution < -0.4 is 5.48 Å². The van der Waals surface area contributed by atoms with Gasteiger partial charge in [0.25, 0.3) is 0 Å². The molecule has 0 radical (unpaired) electrons. The second kappa shape index (κ2) is 2.49. The summed E-state index contributed by atoms with van der Waals surface area (Å²) in [4.78, 5) is 5.26. The number of rotatable bonds is 0. The molecule has 58 valence electrons. The van der Waals surface area contributed by atoms with Crippen LogP contribution >= 0.6 is 0 Å². The Morgan fingerprint density at radius 1 is 1.30 bits per heavy atom. The highest BCUT2D eigenvalue weighted by Crippen LogP contribution is 2.24. The first-order valence-electron chi connectivity index (χ1n) is 3.94. The summed E-state index contributed by atoms with van der Waals surface area (Å²) in [6.45, 7) is 0. The van der Waals surface area contributed by atoms with E-state index in [1.54, 1.807) is 0 Å². The minimum absolute atomic E-state index is 0.146. The number of hydrogen-bond acceptors (Lipinski definition) is 3. The van der Waals surface area contributed by atoms with Crippen LogP contribution in [0.5, 0.6) is 0 Å². The fraction of sp³-hybridized carbons (Fsp3) is 1.00. The molecule has 3 heteroatoms. The fourth-order valence-corrected chi connectivity index (χ4v) is 1.76. The highest BCUT2D eigenvalue weighted by atomic mass is 16.7. The molecule has 0 aromatic carbocycles. The SMILES string of the molecule is OC1CC2CCC(C1)ON2. The Kier molecular flexibility index (Phi) is 1.64. The molecule has 2 saturated heterocycles. The standard InChI is InChI=1S/C7H13NO2/c9-6-3-5-1-2-7(4-6)10-8-5/h5-9H,1-4H2. The van der Waals surface area contributed by atoms with Crippen molar-refractivity contribution in [3.05, 3.63) is 0 Å². The van der Waals surface area contributed by atoms with Gasteiger partial charge in [-0.2, -0.15) is 5.48 Å². The first kappa shape index (κ1) is 6.58. The predicted octanol–water partition coefficient (Wildman–Crippen LogP) is 0.193. The van der Waals surface area contributed by atoms with E-state index in [2.05, 4.69) is 5.48 Å². The molecule has 3 aliphatic rings. The molecule has 3 nitrogen and oxygen atoms in total. The third kappa shape index (κ3) is 1.17. The predicted molar refractivity (Wildman–Crippen MR) is 36.3 cm³/mol. The van der Waals surface area contributed by atoms with Gasteiger partial charge in [0.15, 0.2) is 0 Å². The number of fused-ring (bicyclic) bond motifs is 4. The summed E-state index contributed by atoms with van der Waals surface area (Å²) >= 11 is 0. The van der Waals surface area contributed by atoms with Gasteiger partial charge >= 0.3 is 0 Å². The summed E-state index contributed by atoms with van der Waals surface area (Å²) in [6, 6.07) is 0.397. The average Bonchev–Trinajstić information content (AvgIpc) is 2.17. The minimum atomic E-state index is -0.146. The van der Waals surface area contributed by atoms with Gasteiger partial charge in [-0.05, 0) is 19.3 Å². The van der Waals surface area contributed by atoms with E-state index in [0.717, 1.165) is 25.7 Å². The maximum absolute atomic E-state index is 9.35. The van der Waals surface area contributed by atoms with Gasteiger partial charge in [-0.25, -0.2) is 0 Å². The second-order valence-electron chi connectivity index (χ2n) is 3.26. The van der Waals surface area contributed by atoms with Crippen molar-refractivity contribution in [1.29, 1.82) is 0 Å². The molecule has 0 amide bonds. The van der Waals surface area contributed by atoms with Crippen LogP contribution in [0.25, 0.3) is 0 Å². The third-order valence-corrected chi connectivity index (χ3v) is 2.33. The van der Waals surface area contributed by atoms with Gasteiger partial charge in [0.05, 0.1) is 12.2 Å². The van der Waals surface area contributed by atoms with E-state index >= 15 is 0 Å². The van der Waals surface area contributed by atoms with Crippen LogP contribution in [-0.4, -0.2) is 23.4 Å². The Labute approximate surface area is 60.3 Å². The minimum Gasteiger partial charge on any atom is -0.393 e. The zero-order chi connectivity index (χ0) is 6.97. The largest absolute Gasteiger partial charge is 0.393 e. The molecule has 1 saturated carbocycles. The molecule has 1 aliphatic carbocycles. The lowest BCUT2D eigenvalue weighted by molar-refractivity contribution is -0.0703. The van der Waals surface area contributed by atoms with Gasteiger partial charge in [-0.15, -0.1) is 0 Å². The van der Waals surface area contributed by atoms with Gasteiger partial charge in [0.1, 0.15) is 0 Å². The summed E-state index contributed by atoms with van der Waals surface area (Å²) in [6.07, 6.45) is 4.04. The van der Waals surface area contributed by atoms with Crippen molar-refractivity contribution in [1.82, 2.24) is 5.48 Å². The summed E-state index contributed by atoms with van der Waals surface area (Å²) in [5.74, 6) is 0. The van der Waals surface area contributed by atoms with Gasteiger partial charge in [0, 0.05) is 12.5 Å². The van der Waals surface area contributed by atoms with E-state index in [-0.39, 0.29) is 12.2 Å². The molecule has 0 aromatic heterocycles. The van der Waals surface area contributed by atoms with Gasteiger partial charge in [-0.3, -0.25) is 4.84 Å². The van der Waals surface area contributed by atoms with Crippen LogP contribution in [0.3, 0.4) is 0 Å². The van der Waals surface area contributed by atoms with Crippen molar-refractivity contribution in [2.24, 2.45) is 0 Å². The molecule has 10 heavy (non-hydrogen) atoms. The van der Waals surface area contributed by atoms with Crippen LogP contribution in [0, 0.1) is 0 Å². The summed E-state index contributed by atoms with van der Waals surface area (Å²) in [5, 5.41) is 9.35. The van der Waals surface area contributed by atoms with E-state index in [0.29, 0.717) is 6.04 Å². The quantitative estimate of drug-likeness (QED) is 0.508. The molecular weight excluding hydrogens is 130 g/mol. The molecule has 3 atom stereocenters. The third-order valence-electron chi connectivity index (χ3n) is 2.33. The molecule has 3 rings (SSSR count). The summed E-state index contributed by atoms with van der Waals surface area (Å²) in [5.41, 5.74) is 2.95. The Bertz CT molecular complexity index is 107. The number of hydroxylamine groups is 1. The molecular formula is C7H13NO2. The van der Waals surface area contributed by atoms with Crippen LogP contribution in [0.15, 0.2) is 0 Å². The Morgan fingerprint density at radius 2 is 2.20 bits per heavy atom. The van der Waals surface area contributed by atoms with Crippen LogP contribution in [0.2, 0.25) is 0 Å². The Balaban J connectivity index is 2.05. The normalized spacial score (nSPS) is 47.1. The smallest absolute Gasteiger partial charge is 0.0815 e. The van der Waals surface area contributed by atoms with Crippen LogP contribution in [-0.2, 0) is 4.84 Å². The molecule has 2 N–H and O–H groups in total.